The Morgan fingerprint density at radius 1 is 0.784 bits per heavy atom. The maximum Gasteiger partial charge on any atom is 0.329 e. The topological polar surface area (TPSA) is 137 Å². The molecule has 0 aliphatic heterocycles. The number of benzene rings is 3. The maximum atomic E-state index is 12.2. The molecule has 0 aromatic heterocycles. The molecule has 11 nitrogen and oxygen atoms in total. The average Bonchev–Trinajstić information content (AvgIpc) is 2.92. The van der Waals surface area contributed by atoms with E-state index >= 15 is 0 Å². The summed E-state index contributed by atoms with van der Waals surface area (Å²) in [6.45, 7) is -0.252. The number of nitrogens with zero attached hydrogens (tertiary/aromatic N) is 1. The number of carbonyl (C=O) groups excluding carboxylic acids is 3. The number of rotatable bonds is 10. The highest BCUT2D eigenvalue weighted by molar-refractivity contribution is 6.39. The summed E-state index contributed by atoms with van der Waals surface area (Å²) in [6.07, 6.45) is 1.33. The van der Waals surface area contributed by atoms with Crippen LogP contribution in [0.15, 0.2) is 71.8 Å². The van der Waals surface area contributed by atoms with Gasteiger partial charge in [-0.15, -0.1) is 0 Å². The Morgan fingerprint density at radius 3 is 2.32 bits per heavy atom. The molecule has 0 spiro atoms. The number of nitrogens with one attached hydrogen (secondary N) is 3. The van der Waals surface area contributed by atoms with Gasteiger partial charge in [-0.1, -0.05) is 18.2 Å². The Hall–Kier alpha value is -5.06. The average molecular weight is 507 g/mol. The van der Waals surface area contributed by atoms with E-state index in [0.717, 1.165) is 0 Å². The zero-order chi connectivity index (χ0) is 26.6. The number of amides is 3. The molecule has 3 aromatic carbocycles. The van der Waals surface area contributed by atoms with Gasteiger partial charge in [-0.3, -0.25) is 14.4 Å². The fraction of sp³-hybridized carbons (Fsp3) is 0.154. The van der Waals surface area contributed by atoms with E-state index in [-0.39, 0.29) is 12.5 Å². The van der Waals surface area contributed by atoms with Crippen LogP contribution in [-0.4, -0.2) is 51.9 Å². The van der Waals surface area contributed by atoms with Crippen molar-refractivity contribution < 1.29 is 33.3 Å². The third-order valence-corrected chi connectivity index (χ3v) is 4.84. The third kappa shape index (κ3) is 7.72. The van der Waals surface area contributed by atoms with Crippen molar-refractivity contribution in [3.8, 4) is 23.0 Å². The van der Waals surface area contributed by atoms with Crippen LogP contribution < -0.4 is 35.0 Å². The van der Waals surface area contributed by atoms with E-state index in [1.54, 1.807) is 73.8 Å². The van der Waals surface area contributed by atoms with Crippen LogP contribution in [0.3, 0.4) is 0 Å². The molecule has 0 saturated carbocycles. The number of hydrogen-bond acceptors (Lipinski definition) is 8. The van der Waals surface area contributed by atoms with Crippen LogP contribution in [0.5, 0.6) is 23.0 Å². The molecule has 11 heteroatoms. The van der Waals surface area contributed by atoms with Crippen LogP contribution in [0.1, 0.15) is 5.56 Å². The zero-order valence-electron chi connectivity index (χ0n) is 20.4. The molecule has 3 amide bonds. The van der Waals surface area contributed by atoms with E-state index in [2.05, 4.69) is 21.2 Å². The molecule has 0 atom stereocenters. The van der Waals surface area contributed by atoms with Crippen molar-refractivity contribution in [1.29, 1.82) is 0 Å². The molecule has 192 valence electrons. The molecule has 0 heterocycles. The van der Waals surface area contributed by atoms with E-state index in [4.69, 9.17) is 18.9 Å². The number of carbonyl (C=O) groups is 3. The van der Waals surface area contributed by atoms with Gasteiger partial charge < -0.3 is 29.6 Å². The number of ether oxygens (including phenoxy) is 4. The Bertz CT molecular complexity index is 1290. The highest BCUT2D eigenvalue weighted by atomic mass is 16.5. The first-order valence-electron chi connectivity index (χ1n) is 11.0. The van der Waals surface area contributed by atoms with Crippen LogP contribution in [0, 0.1) is 0 Å². The number of hydrogen-bond donors (Lipinski definition) is 3. The van der Waals surface area contributed by atoms with Gasteiger partial charge in [0.05, 0.1) is 33.2 Å². The van der Waals surface area contributed by atoms with Gasteiger partial charge in [-0.05, 0) is 48.0 Å². The lowest BCUT2D eigenvalue weighted by Crippen LogP contribution is -2.32. The minimum Gasteiger partial charge on any atom is -0.497 e. The van der Waals surface area contributed by atoms with Gasteiger partial charge in [0.2, 0.25) is 0 Å². The van der Waals surface area contributed by atoms with Crippen molar-refractivity contribution >= 4 is 35.3 Å². The summed E-state index contributed by atoms with van der Waals surface area (Å²) in [5, 5.41) is 8.97. The molecule has 0 unspecified atom stereocenters. The van der Waals surface area contributed by atoms with Crippen molar-refractivity contribution in [2.24, 2.45) is 5.10 Å². The fourth-order valence-electron chi connectivity index (χ4n) is 3.07. The second-order valence-electron chi connectivity index (χ2n) is 7.33. The van der Waals surface area contributed by atoms with E-state index in [0.29, 0.717) is 39.9 Å². The quantitative estimate of drug-likeness (QED) is 0.218. The number of para-hydroxylation sites is 2. The second kappa shape index (κ2) is 13.1. The summed E-state index contributed by atoms with van der Waals surface area (Å²) >= 11 is 0. The highest BCUT2D eigenvalue weighted by Gasteiger charge is 2.15. The lowest BCUT2D eigenvalue weighted by molar-refractivity contribution is -0.136. The van der Waals surface area contributed by atoms with Crippen molar-refractivity contribution in [3.05, 3.63) is 72.3 Å². The molecule has 0 fully saturated rings. The van der Waals surface area contributed by atoms with E-state index in [1.165, 1.54) is 20.4 Å². The largest absolute Gasteiger partial charge is 0.497 e. The predicted octanol–water partition coefficient (Wildman–Crippen LogP) is 2.82. The molecule has 3 aromatic rings. The fourth-order valence-corrected chi connectivity index (χ4v) is 3.07. The molecule has 3 rings (SSSR count). The van der Waals surface area contributed by atoms with Gasteiger partial charge in [0.15, 0.2) is 18.1 Å². The summed E-state index contributed by atoms with van der Waals surface area (Å²) in [6, 6.07) is 18.5. The molecule has 3 N–H and O–H groups in total. The zero-order valence-corrected chi connectivity index (χ0v) is 20.4. The molecule has 0 aliphatic carbocycles. The van der Waals surface area contributed by atoms with Gasteiger partial charge in [0.1, 0.15) is 11.5 Å². The lowest BCUT2D eigenvalue weighted by atomic mass is 10.2. The third-order valence-electron chi connectivity index (χ3n) is 4.84. The Morgan fingerprint density at radius 2 is 1.57 bits per heavy atom. The normalized spacial score (nSPS) is 10.4. The van der Waals surface area contributed by atoms with Gasteiger partial charge in [0, 0.05) is 11.8 Å². The Labute approximate surface area is 213 Å². The van der Waals surface area contributed by atoms with Crippen molar-refractivity contribution in [2.75, 3.05) is 38.6 Å². The number of hydrazone groups is 1. The highest BCUT2D eigenvalue weighted by Crippen LogP contribution is 2.28. The summed E-state index contributed by atoms with van der Waals surface area (Å²) in [5.41, 5.74) is 3.63. The van der Waals surface area contributed by atoms with Crippen LogP contribution >= 0.6 is 0 Å². The summed E-state index contributed by atoms with van der Waals surface area (Å²) < 4.78 is 21.2. The van der Waals surface area contributed by atoms with Crippen LogP contribution in [0.4, 0.5) is 11.4 Å². The molecule has 0 aliphatic rings. The lowest BCUT2D eigenvalue weighted by Gasteiger charge is -2.12. The first-order chi connectivity index (χ1) is 17.9. The first kappa shape index (κ1) is 26.5. The summed E-state index contributed by atoms with van der Waals surface area (Å²) in [5.74, 6) is -0.523. The van der Waals surface area contributed by atoms with Crippen molar-refractivity contribution in [1.82, 2.24) is 5.43 Å². The van der Waals surface area contributed by atoms with E-state index < -0.39 is 11.8 Å². The molecule has 0 saturated heterocycles. The minimum atomic E-state index is -0.962. The molecular formula is C26H26N4O7. The van der Waals surface area contributed by atoms with Crippen LogP contribution in [0.25, 0.3) is 0 Å². The smallest absolute Gasteiger partial charge is 0.329 e. The Balaban J connectivity index is 1.53. The molecule has 37 heavy (non-hydrogen) atoms. The summed E-state index contributed by atoms with van der Waals surface area (Å²) in [7, 11) is 4.44. The van der Waals surface area contributed by atoms with Crippen LogP contribution in [-0.2, 0) is 14.4 Å². The Kier molecular flexibility index (Phi) is 9.43. The SMILES string of the molecule is COc1cccc(NC(=O)COc2ccc(/C=N/NC(=O)C(=O)Nc3ccccc3OC)cc2OC)c1. The maximum absolute atomic E-state index is 12.2. The molecule has 0 bridgehead atoms. The van der Waals surface area contributed by atoms with Gasteiger partial charge in [0.25, 0.3) is 5.91 Å². The van der Waals surface area contributed by atoms with Crippen LogP contribution in [0.2, 0.25) is 0 Å². The second-order valence-corrected chi connectivity index (χ2v) is 7.33. The van der Waals surface area contributed by atoms with Gasteiger partial charge >= 0.3 is 11.8 Å². The monoisotopic (exact) mass is 506 g/mol. The van der Waals surface area contributed by atoms with Gasteiger partial charge in [-0.2, -0.15) is 5.10 Å². The van der Waals surface area contributed by atoms with E-state index in [1.807, 2.05) is 0 Å². The number of methoxy groups -OCH3 is 3. The van der Waals surface area contributed by atoms with Crippen molar-refractivity contribution in [2.45, 2.75) is 0 Å². The van der Waals surface area contributed by atoms with Crippen molar-refractivity contribution in [3.63, 3.8) is 0 Å². The predicted molar refractivity (Wildman–Crippen MR) is 137 cm³/mol. The molecule has 0 radical (unpaired) electrons. The number of anilines is 2. The minimum absolute atomic E-state index is 0.252. The van der Waals surface area contributed by atoms with E-state index in [9.17, 15) is 14.4 Å². The standard InChI is InChI=1S/C26H26N4O7/c1-34-19-8-6-7-18(14-19)28-24(31)16-37-22-12-11-17(13-23(22)36-3)15-27-30-26(33)25(32)29-20-9-4-5-10-21(20)35-2/h4-15H,16H2,1-3H3,(H,28,31)(H,29,32)(H,30,33)/b27-15+. The molecular weight excluding hydrogens is 480 g/mol. The summed E-state index contributed by atoms with van der Waals surface area (Å²) in [4.78, 5) is 36.4. The first-order valence-corrected chi connectivity index (χ1v) is 11.0. The van der Waals surface area contributed by atoms with Gasteiger partial charge in [-0.25, -0.2) is 5.43 Å².